The first-order chi connectivity index (χ1) is 9.29. The molecular formula is C14H21N5. The standard InChI is InChI=1S/C14H21N5/c1-3-12-10(2)17-14-15-9-16-19(14)13(12)18-11-7-5-4-6-8-11/h9,11,18H,3-8H2,1-2H3. The third kappa shape index (κ3) is 2.29. The summed E-state index contributed by atoms with van der Waals surface area (Å²) in [5.41, 5.74) is 2.31. The van der Waals surface area contributed by atoms with E-state index in [1.165, 1.54) is 37.7 Å². The molecular weight excluding hydrogens is 238 g/mol. The minimum absolute atomic E-state index is 0.563. The zero-order valence-corrected chi connectivity index (χ0v) is 11.7. The lowest BCUT2D eigenvalue weighted by Crippen LogP contribution is -2.25. The lowest BCUT2D eigenvalue weighted by atomic mass is 9.95. The Morgan fingerprint density at radius 3 is 2.84 bits per heavy atom. The van der Waals surface area contributed by atoms with Crippen LogP contribution in [-0.2, 0) is 6.42 Å². The number of nitrogens with one attached hydrogen (secondary N) is 1. The van der Waals surface area contributed by atoms with E-state index in [1.807, 2.05) is 4.52 Å². The van der Waals surface area contributed by atoms with E-state index >= 15 is 0 Å². The van der Waals surface area contributed by atoms with Crippen molar-refractivity contribution in [3.05, 3.63) is 17.6 Å². The molecule has 2 aromatic rings. The van der Waals surface area contributed by atoms with Crippen LogP contribution in [0.3, 0.4) is 0 Å². The third-order valence-corrected chi connectivity index (χ3v) is 4.03. The van der Waals surface area contributed by atoms with Crippen LogP contribution in [0.15, 0.2) is 6.33 Å². The first-order valence-electron chi connectivity index (χ1n) is 7.25. The van der Waals surface area contributed by atoms with Crippen LogP contribution in [0.4, 0.5) is 5.82 Å². The summed E-state index contributed by atoms with van der Waals surface area (Å²) in [5.74, 6) is 1.78. The molecule has 0 aliphatic heterocycles. The second kappa shape index (κ2) is 5.15. The average Bonchev–Trinajstić information content (AvgIpc) is 2.88. The molecule has 0 saturated heterocycles. The first-order valence-corrected chi connectivity index (χ1v) is 7.25. The van der Waals surface area contributed by atoms with Gasteiger partial charge in [-0.05, 0) is 26.2 Å². The zero-order chi connectivity index (χ0) is 13.2. The first kappa shape index (κ1) is 12.4. The van der Waals surface area contributed by atoms with Crippen LogP contribution in [0.1, 0.15) is 50.3 Å². The Labute approximate surface area is 113 Å². The summed E-state index contributed by atoms with van der Waals surface area (Å²) in [5, 5.41) is 8.01. The number of hydrogen-bond donors (Lipinski definition) is 1. The predicted molar refractivity (Wildman–Crippen MR) is 75.4 cm³/mol. The van der Waals surface area contributed by atoms with Gasteiger partial charge in [-0.1, -0.05) is 26.2 Å². The lowest BCUT2D eigenvalue weighted by Gasteiger charge is -2.25. The van der Waals surface area contributed by atoms with E-state index in [-0.39, 0.29) is 0 Å². The molecule has 1 saturated carbocycles. The number of fused-ring (bicyclic) bond motifs is 1. The quantitative estimate of drug-likeness (QED) is 0.921. The molecule has 2 heterocycles. The van der Waals surface area contributed by atoms with E-state index in [9.17, 15) is 0 Å². The third-order valence-electron chi connectivity index (χ3n) is 4.03. The average molecular weight is 259 g/mol. The molecule has 0 bridgehead atoms. The van der Waals surface area contributed by atoms with Crippen molar-refractivity contribution in [3.63, 3.8) is 0 Å². The minimum atomic E-state index is 0.563. The molecule has 0 amide bonds. The fraction of sp³-hybridized carbons (Fsp3) is 0.643. The van der Waals surface area contributed by atoms with Gasteiger partial charge >= 0.3 is 0 Å². The van der Waals surface area contributed by atoms with Crippen LogP contribution < -0.4 is 5.32 Å². The monoisotopic (exact) mass is 259 g/mol. The van der Waals surface area contributed by atoms with Gasteiger partial charge in [-0.2, -0.15) is 14.6 Å². The fourth-order valence-corrected chi connectivity index (χ4v) is 3.00. The molecule has 0 spiro atoms. The Morgan fingerprint density at radius 2 is 2.11 bits per heavy atom. The van der Waals surface area contributed by atoms with E-state index in [0.717, 1.165) is 17.9 Å². The molecule has 1 fully saturated rings. The molecule has 1 aliphatic carbocycles. The predicted octanol–water partition coefficient (Wildman–Crippen LogP) is 2.74. The van der Waals surface area contributed by atoms with Crippen molar-refractivity contribution in [2.75, 3.05) is 5.32 Å². The highest BCUT2D eigenvalue weighted by Crippen LogP contribution is 2.25. The summed E-state index contributed by atoms with van der Waals surface area (Å²) in [6.45, 7) is 4.22. The molecule has 5 nitrogen and oxygen atoms in total. The summed E-state index contributed by atoms with van der Waals surface area (Å²) < 4.78 is 1.85. The molecule has 5 heteroatoms. The van der Waals surface area contributed by atoms with Crippen molar-refractivity contribution >= 4 is 11.6 Å². The second-order valence-corrected chi connectivity index (χ2v) is 5.33. The highest BCUT2D eigenvalue weighted by molar-refractivity contribution is 5.53. The minimum Gasteiger partial charge on any atom is -0.367 e. The smallest absolute Gasteiger partial charge is 0.254 e. The number of anilines is 1. The van der Waals surface area contributed by atoms with E-state index < -0.39 is 0 Å². The van der Waals surface area contributed by atoms with Gasteiger partial charge in [0, 0.05) is 17.3 Å². The van der Waals surface area contributed by atoms with Crippen LogP contribution in [0.2, 0.25) is 0 Å². The Hall–Kier alpha value is -1.65. The topological polar surface area (TPSA) is 55.1 Å². The highest BCUT2D eigenvalue weighted by atomic mass is 15.4. The Kier molecular flexibility index (Phi) is 3.36. The van der Waals surface area contributed by atoms with Gasteiger partial charge in [-0.25, -0.2) is 4.98 Å². The lowest BCUT2D eigenvalue weighted by molar-refractivity contribution is 0.460. The number of hydrogen-bond acceptors (Lipinski definition) is 4. The largest absolute Gasteiger partial charge is 0.367 e. The van der Waals surface area contributed by atoms with Gasteiger partial charge in [0.1, 0.15) is 12.1 Å². The normalized spacial score (nSPS) is 16.9. The van der Waals surface area contributed by atoms with Crippen molar-refractivity contribution in [2.45, 2.75) is 58.4 Å². The Morgan fingerprint density at radius 1 is 1.32 bits per heavy atom. The molecule has 0 atom stereocenters. The molecule has 1 N–H and O–H groups in total. The molecule has 0 radical (unpaired) electrons. The van der Waals surface area contributed by atoms with Gasteiger partial charge in [0.05, 0.1) is 0 Å². The Balaban J connectivity index is 2.01. The van der Waals surface area contributed by atoms with E-state index in [2.05, 4.69) is 34.2 Å². The number of rotatable bonds is 3. The number of aromatic nitrogens is 4. The van der Waals surface area contributed by atoms with Crippen molar-refractivity contribution in [1.29, 1.82) is 0 Å². The van der Waals surface area contributed by atoms with E-state index in [0.29, 0.717) is 11.8 Å². The van der Waals surface area contributed by atoms with Crippen LogP contribution in [0.5, 0.6) is 0 Å². The Bertz CT molecular complexity index is 568. The van der Waals surface area contributed by atoms with Gasteiger partial charge in [0.2, 0.25) is 0 Å². The number of aryl methyl sites for hydroxylation is 1. The van der Waals surface area contributed by atoms with Gasteiger partial charge < -0.3 is 5.32 Å². The highest BCUT2D eigenvalue weighted by Gasteiger charge is 2.18. The second-order valence-electron chi connectivity index (χ2n) is 5.33. The summed E-state index contributed by atoms with van der Waals surface area (Å²) in [6, 6.07) is 0.563. The molecule has 1 aliphatic rings. The SMILES string of the molecule is CCc1c(C)nc2ncnn2c1NC1CCCCC1. The summed E-state index contributed by atoms with van der Waals surface area (Å²) in [4.78, 5) is 8.72. The molecule has 102 valence electrons. The van der Waals surface area contributed by atoms with Crippen molar-refractivity contribution < 1.29 is 0 Å². The van der Waals surface area contributed by atoms with Gasteiger partial charge in [0.15, 0.2) is 0 Å². The summed E-state index contributed by atoms with van der Waals surface area (Å²) in [6.07, 6.45) is 9.05. The molecule has 3 rings (SSSR count). The van der Waals surface area contributed by atoms with Crippen molar-refractivity contribution in [1.82, 2.24) is 19.6 Å². The van der Waals surface area contributed by atoms with Gasteiger partial charge in [-0.15, -0.1) is 0 Å². The van der Waals surface area contributed by atoms with Crippen LogP contribution >= 0.6 is 0 Å². The maximum atomic E-state index is 4.51. The van der Waals surface area contributed by atoms with E-state index in [1.54, 1.807) is 6.33 Å². The van der Waals surface area contributed by atoms with Crippen molar-refractivity contribution in [3.8, 4) is 0 Å². The number of nitrogens with zero attached hydrogens (tertiary/aromatic N) is 4. The summed E-state index contributed by atoms with van der Waals surface area (Å²) in [7, 11) is 0. The molecule has 0 aromatic carbocycles. The molecule has 2 aromatic heterocycles. The molecule has 0 unspecified atom stereocenters. The maximum absolute atomic E-state index is 4.51. The van der Waals surface area contributed by atoms with Crippen LogP contribution in [0.25, 0.3) is 5.78 Å². The molecule has 19 heavy (non-hydrogen) atoms. The van der Waals surface area contributed by atoms with Crippen LogP contribution in [0, 0.1) is 6.92 Å². The fourth-order valence-electron chi connectivity index (χ4n) is 3.00. The van der Waals surface area contributed by atoms with E-state index in [4.69, 9.17) is 0 Å². The maximum Gasteiger partial charge on any atom is 0.254 e. The van der Waals surface area contributed by atoms with Gasteiger partial charge in [-0.3, -0.25) is 0 Å². The van der Waals surface area contributed by atoms with Crippen molar-refractivity contribution in [2.24, 2.45) is 0 Å². The summed E-state index contributed by atoms with van der Waals surface area (Å²) >= 11 is 0. The van der Waals surface area contributed by atoms with Crippen LogP contribution in [-0.4, -0.2) is 25.6 Å². The van der Waals surface area contributed by atoms with Gasteiger partial charge in [0.25, 0.3) is 5.78 Å². The zero-order valence-electron chi connectivity index (χ0n) is 11.7.